The summed E-state index contributed by atoms with van der Waals surface area (Å²) >= 11 is 0. The first-order valence-corrected chi connectivity index (χ1v) is 7.83. The Kier molecular flexibility index (Phi) is 5.65. The van der Waals surface area contributed by atoms with Crippen molar-refractivity contribution in [1.82, 2.24) is 10.6 Å². The van der Waals surface area contributed by atoms with E-state index < -0.39 is 0 Å². The van der Waals surface area contributed by atoms with Crippen molar-refractivity contribution in [3.05, 3.63) is 35.9 Å². The summed E-state index contributed by atoms with van der Waals surface area (Å²) < 4.78 is 0. The highest BCUT2D eigenvalue weighted by molar-refractivity contribution is 5.85. The van der Waals surface area contributed by atoms with E-state index in [0.717, 1.165) is 38.9 Å². The molecule has 1 aromatic rings. The van der Waals surface area contributed by atoms with Crippen molar-refractivity contribution in [2.75, 3.05) is 19.6 Å². The number of benzene rings is 1. The van der Waals surface area contributed by atoms with Crippen LogP contribution in [0, 0.1) is 11.3 Å². The molecule has 1 saturated carbocycles. The first-order valence-electron chi connectivity index (χ1n) is 7.83. The molecule has 1 aromatic carbocycles. The SMILES string of the molecule is Cl.O=C(NCCCc1ccccc1)C1CC12CCNCC2. The van der Waals surface area contributed by atoms with E-state index in [0.29, 0.717) is 17.2 Å². The Morgan fingerprint density at radius 2 is 1.95 bits per heavy atom. The lowest BCUT2D eigenvalue weighted by molar-refractivity contribution is -0.123. The lowest BCUT2D eigenvalue weighted by Crippen LogP contribution is -2.34. The molecule has 21 heavy (non-hydrogen) atoms. The number of amides is 1. The molecule has 0 bridgehead atoms. The molecule has 1 saturated heterocycles. The zero-order chi connectivity index (χ0) is 13.8. The number of rotatable bonds is 5. The smallest absolute Gasteiger partial charge is 0.223 e. The summed E-state index contributed by atoms with van der Waals surface area (Å²) in [5.41, 5.74) is 1.71. The molecule has 1 aliphatic carbocycles. The summed E-state index contributed by atoms with van der Waals surface area (Å²) in [6.07, 6.45) is 5.53. The van der Waals surface area contributed by atoms with Gasteiger partial charge in [-0.3, -0.25) is 4.79 Å². The van der Waals surface area contributed by atoms with Gasteiger partial charge in [-0.2, -0.15) is 0 Å². The molecule has 2 fully saturated rings. The minimum Gasteiger partial charge on any atom is -0.356 e. The highest BCUT2D eigenvalue weighted by Gasteiger charge is 2.57. The van der Waals surface area contributed by atoms with Gasteiger partial charge in [0.1, 0.15) is 0 Å². The van der Waals surface area contributed by atoms with E-state index in [1.807, 2.05) is 6.07 Å². The fraction of sp³-hybridized carbons (Fsp3) is 0.588. The summed E-state index contributed by atoms with van der Waals surface area (Å²) in [7, 11) is 0. The molecule has 1 amide bonds. The molecular weight excluding hydrogens is 284 g/mol. The summed E-state index contributed by atoms with van der Waals surface area (Å²) in [5.74, 6) is 0.585. The normalized spacial score (nSPS) is 22.4. The molecule has 3 rings (SSSR count). The van der Waals surface area contributed by atoms with Gasteiger partial charge in [0.2, 0.25) is 5.91 Å². The topological polar surface area (TPSA) is 41.1 Å². The van der Waals surface area contributed by atoms with Gasteiger partial charge in [0.05, 0.1) is 0 Å². The summed E-state index contributed by atoms with van der Waals surface area (Å²) in [4.78, 5) is 12.2. The van der Waals surface area contributed by atoms with Gasteiger partial charge in [0.15, 0.2) is 0 Å². The molecule has 1 atom stereocenters. The predicted molar refractivity (Wildman–Crippen MR) is 87.7 cm³/mol. The molecule has 2 aliphatic rings. The van der Waals surface area contributed by atoms with Crippen molar-refractivity contribution < 1.29 is 4.79 Å². The summed E-state index contributed by atoms with van der Waals surface area (Å²) in [5, 5.41) is 6.51. The predicted octanol–water partition coefficient (Wildman–Crippen LogP) is 2.55. The van der Waals surface area contributed by atoms with E-state index in [1.54, 1.807) is 0 Å². The third-order valence-corrected chi connectivity index (χ3v) is 4.89. The lowest BCUT2D eigenvalue weighted by Gasteiger charge is -2.23. The molecule has 0 radical (unpaired) electrons. The zero-order valence-corrected chi connectivity index (χ0v) is 13.3. The molecule has 0 aromatic heterocycles. The molecule has 3 nitrogen and oxygen atoms in total. The van der Waals surface area contributed by atoms with Crippen LogP contribution in [0.4, 0.5) is 0 Å². The van der Waals surface area contributed by atoms with Gasteiger partial charge in [-0.05, 0) is 56.2 Å². The molecule has 116 valence electrons. The minimum absolute atomic E-state index is 0. The first kappa shape index (κ1) is 16.3. The summed E-state index contributed by atoms with van der Waals surface area (Å²) in [6, 6.07) is 10.5. The second-order valence-electron chi connectivity index (χ2n) is 6.25. The van der Waals surface area contributed by atoms with Crippen LogP contribution in [0.5, 0.6) is 0 Å². The zero-order valence-electron chi connectivity index (χ0n) is 12.4. The van der Waals surface area contributed by atoms with Gasteiger partial charge in [-0.15, -0.1) is 12.4 Å². The van der Waals surface area contributed by atoms with E-state index in [9.17, 15) is 4.79 Å². The Hall–Kier alpha value is -1.06. The van der Waals surface area contributed by atoms with Crippen molar-refractivity contribution in [3.63, 3.8) is 0 Å². The second kappa shape index (κ2) is 7.28. The fourth-order valence-electron chi connectivity index (χ4n) is 3.47. The van der Waals surface area contributed by atoms with Crippen molar-refractivity contribution >= 4 is 18.3 Å². The van der Waals surface area contributed by atoms with E-state index >= 15 is 0 Å². The molecule has 1 spiro atoms. The first-order chi connectivity index (χ1) is 9.80. The monoisotopic (exact) mass is 308 g/mol. The number of piperidine rings is 1. The molecular formula is C17H25ClN2O. The standard InChI is InChI=1S/C17H24N2O.ClH/c20-16(15-13-17(15)8-11-18-12-9-17)19-10-4-7-14-5-2-1-3-6-14;/h1-3,5-6,15,18H,4,7-13H2,(H,19,20);1H. The van der Waals surface area contributed by atoms with Crippen LogP contribution < -0.4 is 10.6 Å². The third-order valence-electron chi connectivity index (χ3n) is 4.89. The molecule has 1 aliphatic heterocycles. The fourth-order valence-corrected chi connectivity index (χ4v) is 3.47. The number of halogens is 1. The van der Waals surface area contributed by atoms with Gasteiger partial charge in [0.25, 0.3) is 0 Å². The van der Waals surface area contributed by atoms with Crippen molar-refractivity contribution in [2.24, 2.45) is 11.3 Å². The van der Waals surface area contributed by atoms with E-state index in [1.165, 1.54) is 18.4 Å². The molecule has 2 N–H and O–H groups in total. The number of hydrogen-bond acceptors (Lipinski definition) is 2. The Balaban J connectivity index is 0.00000161. The van der Waals surface area contributed by atoms with Crippen LogP contribution in [0.1, 0.15) is 31.2 Å². The van der Waals surface area contributed by atoms with Crippen LogP contribution in [-0.4, -0.2) is 25.5 Å². The lowest BCUT2D eigenvalue weighted by atomic mass is 9.92. The molecule has 4 heteroatoms. The average molecular weight is 309 g/mol. The maximum atomic E-state index is 12.2. The Bertz CT molecular complexity index is 457. The van der Waals surface area contributed by atoms with Crippen LogP contribution in [0.2, 0.25) is 0 Å². The van der Waals surface area contributed by atoms with E-state index in [-0.39, 0.29) is 12.4 Å². The van der Waals surface area contributed by atoms with Gasteiger partial charge < -0.3 is 10.6 Å². The third kappa shape index (κ3) is 3.98. The van der Waals surface area contributed by atoms with Crippen molar-refractivity contribution in [2.45, 2.75) is 32.1 Å². The highest BCUT2D eigenvalue weighted by atomic mass is 35.5. The highest BCUT2D eigenvalue weighted by Crippen LogP contribution is 2.58. The van der Waals surface area contributed by atoms with Crippen LogP contribution in [0.25, 0.3) is 0 Å². The number of nitrogens with one attached hydrogen (secondary N) is 2. The number of carbonyl (C=O) groups excluding carboxylic acids is 1. The molecule has 1 unspecified atom stereocenters. The van der Waals surface area contributed by atoms with Gasteiger partial charge in [-0.25, -0.2) is 0 Å². The van der Waals surface area contributed by atoms with Crippen LogP contribution in [0.3, 0.4) is 0 Å². The average Bonchev–Trinajstić information content (AvgIpc) is 3.19. The second-order valence-corrected chi connectivity index (χ2v) is 6.25. The number of hydrogen-bond donors (Lipinski definition) is 2. The van der Waals surface area contributed by atoms with Crippen LogP contribution in [-0.2, 0) is 11.2 Å². The molecule has 1 heterocycles. The van der Waals surface area contributed by atoms with Crippen LogP contribution >= 0.6 is 12.4 Å². The van der Waals surface area contributed by atoms with Gasteiger partial charge >= 0.3 is 0 Å². The van der Waals surface area contributed by atoms with E-state index in [2.05, 4.69) is 34.9 Å². The van der Waals surface area contributed by atoms with Gasteiger partial charge in [-0.1, -0.05) is 30.3 Å². The van der Waals surface area contributed by atoms with Gasteiger partial charge in [0, 0.05) is 12.5 Å². The number of aryl methyl sites for hydroxylation is 1. The quantitative estimate of drug-likeness (QED) is 0.821. The Labute approximate surface area is 133 Å². The van der Waals surface area contributed by atoms with Crippen molar-refractivity contribution in [3.8, 4) is 0 Å². The van der Waals surface area contributed by atoms with Crippen LogP contribution in [0.15, 0.2) is 30.3 Å². The minimum atomic E-state index is 0. The summed E-state index contributed by atoms with van der Waals surface area (Å²) in [6.45, 7) is 2.97. The van der Waals surface area contributed by atoms with Crippen molar-refractivity contribution in [1.29, 1.82) is 0 Å². The largest absolute Gasteiger partial charge is 0.356 e. The number of carbonyl (C=O) groups is 1. The maximum Gasteiger partial charge on any atom is 0.223 e. The maximum absolute atomic E-state index is 12.2. The Morgan fingerprint density at radius 1 is 1.24 bits per heavy atom. The Morgan fingerprint density at radius 3 is 2.67 bits per heavy atom. The van der Waals surface area contributed by atoms with E-state index in [4.69, 9.17) is 0 Å².